The molecule has 0 aromatic heterocycles. The maximum absolute atomic E-state index is 12.0. The van der Waals surface area contributed by atoms with Gasteiger partial charge >= 0.3 is 118 Å². The Bertz CT molecular complexity index is 2110. The number of carbonyl (C=O) groups excluding carboxylic acids is 4. The van der Waals surface area contributed by atoms with E-state index >= 15 is 0 Å². The van der Waals surface area contributed by atoms with Crippen molar-refractivity contribution in [3.05, 3.63) is 94.5 Å². The first-order valence-electron chi connectivity index (χ1n) is 12.7. The first-order valence-corrected chi connectivity index (χ1v) is 15.5. The molecule has 2 aliphatic rings. The summed E-state index contributed by atoms with van der Waals surface area (Å²) in [5.74, 6) is -7.14. The third-order valence-corrected chi connectivity index (χ3v) is 7.95. The van der Waals surface area contributed by atoms with Crippen LogP contribution < -0.4 is 139 Å². The van der Waals surface area contributed by atoms with Gasteiger partial charge in [0.25, 0.3) is 0 Å². The van der Waals surface area contributed by atoms with Crippen molar-refractivity contribution in [2.45, 2.75) is 9.79 Å². The van der Waals surface area contributed by atoms with Crippen LogP contribution >= 0.6 is 0 Å². The van der Waals surface area contributed by atoms with E-state index in [1.807, 2.05) is 0 Å². The van der Waals surface area contributed by atoms with Crippen molar-refractivity contribution in [3.8, 4) is 0 Å². The van der Waals surface area contributed by atoms with Gasteiger partial charge in [-0.05, 0) is 47.5 Å². The zero-order chi connectivity index (χ0) is 35.6. The molecule has 18 nitrogen and oxygen atoms in total. The molecule has 0 atom stereocenters. The minimum Gasteiger partial charge on any atom is -0.744 e. The fourth-order valence-corrected chi connectivity index (χ4v) is 5.46. The molecule has 0 unspecified atom stereocenters. The number of carboxylic acid groups (broad SMARTS) is 2. The number of hydrogen-bond acceptors (Lipinski definition) is 18. The molecule has 0 amide bonds. The number of hydrazone groups is 2. The van der Waals surface area contributed by atoms with Crippen LogP contribution in [0.1, 0.15) is 11.1 Å². The van der Waals surface area contributed by atoms with Crippen LogP contribution in [0.4, 0.5) is 11.4 Å². The van der Waals surface area contributed by atoms with Crippen LogP contribution in [-0.2, 0) is 39.4 Å². The van der Waals surface area contributed by atoms with Crippen molar-refractivity contribution >= 4 is 78.7 Å². The van der Waals surface area contributed by atoms with E-state index in [0.29, 0.717) is 24.3 Å². The first-order chi connectivity index (χ1) is 22.3. The van der Waals surface area contributed by atoms with E-state index in [0.717, 1.165) is 48.6 Å². The van der Waals surface area contributed by atoms with Crippen molar-refractivity contribution in [1.82, 2.24) is 0 Å². The second kappa shape index (κ2) is 20.5. The van der Waals surface area contributed by atoms with Crippen LogP contribution in [0.15, 0.2) is 103 Å². The van der Waals surface area contributed by atoms with Gasteiger partial charge in [-0.15, -0.1) is 0 Å². The molecular formula is C28H16N4Na4O14S2. The molecule has 0 saturated carbocycles. The quantitative estimate of drug-likeness (QED) is 0.0571. The zero-order valence-corrected chi connectivity index (χ0v) is 37.1. The van der Waals surface area contributed by atoms with E-state index in [1.54, 1.807) is 0 Å². The Kier molecular flexibility index (Phi) is 19.6. The van der Waals surface area contributed by atoms with Gasteiger partial charge in [-0.3, -0.25) is 20.4 Å². The predicted octanol–water partition coefficient (Wildman–Crippen LogP) is -13.4. The summed E-state index contributed by atoms with van der Waals surface area (Å²) in [6.45, 7) is 0. The fourth-order valence-electron chi connectivity index (χ4n) is 4.07. The number of aliphatic carboxylic acids is 2. The largest absolute Gasteiger partial charge is 1.00 e. The van der Waals surface area contributed by atoms with Crippen molar-refractivity contribution in [1.29, 1.82) is 0 Å². The summed E-state index contributed by atoms with van der Waals surface area (Å²) in [5.41, 5.74) is 0.601. The number of nitrogens with one attached hydrogen (secondary N) is 2. The van der Waals surface area contributed by atoms with Gasteiger partial charge in [0.15, 0.2) is 11.6 Å². The van der Waals surface area contributed by atoms with Gasteiger partial charge in [-0.1, -0.05) is 24.3 Å². The summed E-state index contributed by atoms with van der Waals surface area (Å²) >= 11 is 0. The summed E-state index contributed by atoms with van der Waals surface area (Å²) in [6, 6.07) is 6.00. The molecule has 4 rings (SSSR count). The van der Waals surface area contributed by atoms with Gasteiger partial charge < -0.3 is 39.1 Å². The number of benzene rings is 2. The third kappa shape index (κ3) is 12.7. The predicted molar refractivity (Wildman–Crippen MR) is 157 cm³/mol. The number of carboxylic acids is 2. The Hall–Kier alpha value is -2.22. The molecule has 248 valence electrons. The molecule has 0 fully saturated rings. The number of allylic oxidation sites excluding steroid dienone is 6. The van der Waals surface area contributed by atoms with Gasteiger partial charge in [-0.2, -0.15) is 10.2 Å². The maximum Gasteiger partial charge on any atom is 1.00 e. The summed E-state index contributed by atoms with van der Waals surface area (Å²) in [6.07, 6.45) is 4.52. The van der Waals surface area contributed by atoms with Crippen LogP contribution in [0.25, 0.3) is 12.2 Å². The van der Waals surface area contributed by atoms with E-state index in [2.05, 4.69) is 21.1 Å². The molecule has 0 aliphatic heterocycles. The molecule has 0 spiro atoms. The molecule has 52 heavy (non-hydrogen) atoms. The average Bonchev–Trinajstić information content (AvgIpc) is 2.97. The number of ketones is 2. The van der Waals surface area contributed by atoms with E-state index in [9.17, 15) is 65.5 Å². The molecule has 0 saturated heterocycles. The second-order valence-electron chi connectivity index (χ2n) is 9.45. The number of aliphatic hydroxyl groups is 2. The molecule has 2 aromatic rings. The Morgan fingerprint density at radius 3 is 1.23 bits per heavy atom. The van der Waals surface area contributed by atoms with Crippen LogP contribution in [0.5, 0.6) is 0 Å². The van der Waals surface area contributed by atoms with Crippen LogP contribution in [-0.4, -0.2) is 71.1 Å². The Labute approximate surface area is 382 Å². The standard InChI is InChI=1S/C28H20N4O14S2.4Na/c33-17-9-19(27(37)38)25(21(35)11-17)31-29-15-5-3-13(23(7-15)47(41,42)43)1-2-14-4-6-16(8-24(14)48(44,45)46)30-32-26-20(28(39)40)10-18(34)12-22(26)36;;;;/h1-12,29-30,35-36H,(H,37,38)(H,39,40)(H,41,42,43)(H,44,45,46);;;;/q;4*+1/p-4/b2-1+,31-25-,32-26-;;;;. The number of nitrogens with zero attached hydrogens (tertiary/aromatic N) is 2. The zero-order valence-electron chi connectivity index (χ0n) is 27.4. The van der Waals surface area contributed by atoms with Gasteiger partial charge in [0.05, 0.1) is 33.1 Å². The summed E-state index contributed by atoms with van der Waals surface area (Å²) in [7, 11) is -10.5. The van der Waals surface area contributed by atoms with Gasteiger partial charge in [0.2, 0.25) is 0 Å². The van der Waals surface area contributed by atoms with Crippen molar-refractivity contribution in [2.75, 3.05) is 10.9 Å². The van der Waals surface area contributed by atoms with Crippen molar-refractivity contribution in [3.63, 3.8) is 0 Å². The average molecular weight is 789 g/mol. The minimum atomic E-state index is -5.24. The molecule has 0 bridgehead atoms. The van der Waals surface area contributed by atoms with E-state index in [1.165, 1.54) is 0 Å². The number of aliphatic hydroxyl groups excluding tert-OH is 2. The Morgan fingerprint density at radius 1 is 0.615 bits per heavy atom. The minimum absolute atomic E-state index is 0. The SMILES string of the molecule is O=C1C=C(O)/C(=N\Nc2ccc(/C=C/c3ccc(N/N=C4\C(O)=CC(=O)C=C4C(=O)[O-])cc3S(=O)(=O)[O-])c(S(=O)(=O)[O-])c2)C(C(=O)[O-])=C1.[Na+].[Na+].[Na+].[Na+]. The van der Waals surface area contributed by atoms with Crippen LogP contribution in [0, 0.1) is 0 Å². The molecule has 2 aromatic carbocycles. The summed E-state index contributed by atoms with van der Waals surface area (Å²) in [4.78, 5) is 43.9. The normalized spacial score (nSPS) is 15.8. The number of carbonyl (C=O) groups is 4. The topological polar surface area (TPSA) is 318 Å². The van der Waals surface area contributed by atoms with Gasteiger partial charge in [0.1, 0.15) is 43.2 Å². The van der Waals surface area contributed by atoms with Crippen molar-refractivity contribution < 1.29 is 184 Å². The summed E-state index contributed by atoms with van der Waals surface area (Å²) < 4.78 is 72.3. The molecule has 2 aliphatic carbocycles. The van der Waals surface area contributed by atoms with Crippen LogP contribution in [0.2, 0.25) is 0 Å². The maximum atomic E-state index is 12.0. The molecule has 0 radical (unpaired) electrons. The molecular weight excluding hydrogens is 772 g/mol. The van der Waals surface area contributed by atoms with Crippen molar-refractivity contribution in [2.24, 2.45) is 10.2 Å². The second-order valence-corrected chi connectivity index (χ2v) is 12.1. The third-order valence-electron chi connectivity index (χ3n) is 6.17. The molecule has 24 heteroatoms. The first kappa shape index (κ1) is 49.8. The molecule has 0 heterocycles. The smallest absolute Gasteiger partial charge is 0.744 e. The van der Waals surface area contributed by atoms with Gasteiger partial charge in [0, 0.05) is 23.3 Å². The van der Waals surface area contributed by atoms with Crippen LogP contribution in [0.3, 0.4) is 0 Å². The Morgan fingerprint density at radius 2 is 0.942 bits per heavy atom. The van der Waals surface area contributed by atoms with E-state index < -0.39 is 87.6 Å². The number of hydrogen-bond donors (Lipinski definition) is 4. The number of rotatable bonds is 10. The Balaban J connectivity index is 0.00000650. The summed E-state index contributed by atoms with van der Waals surface area (Å²) in [5, 5.41) is 49.8. The fraction of sp³-hybridized carbons (Fsp3) is 0. The monoisotopic (exact) mass is 788 g/mol. The van der Waals surface area contributed by atoms with Gasteiger partial charge in [-0.25, -0.2) is 16.8 Å². The van der Waals surface area contributed by atoms with E-state index in [-0.39, 0.29) is 141 Å². The van der Waals surface area contributed by atoms with E-state index in [4.69, 9.17) is 0 Å². The number of anilines is 2. The molecule has 4 N–H and O–H groups in total.